The van der Waals surface area contributed by atoms with Gasteiger partial charge in [0.2, 0.25) is 0 Å². The highest BCUT2D eigenvalue weighted by molar-refractivity contribution is 6.31. The third-order valence-corrected chi connectivity index (χ3v) is 2.93. The molecule has 2 aromatic heterocycles. The van der Waals surface area contributed by atoms with Crippen LogP contribution in [0.3, 0.4) is 0 Å². The number of halogens is 1. The van der Waals surface area contributed by atoms with Crippen molar-refractivity contribution in [1.29, 1.82) is 0 Å². The molecular weight excluding hydrogens is 234 g/mol. The van der Waals surface area contributed by atoms with Gasteiger partial charge in [-0.1, -0.05) is 17.7 Å². The molecular formula is C13H14ClN3. The van der Waals surface area contributed by atoms with Crippen LogP contribution in [-0.2, 0) is 6.54 Å². The molecule has 17 heavy (non-hydrogen) atoms. The average molecular weight is 248 g/mol. The molecule has 2 rings (SSSR count). The molecule has 0 saturated carbocycles. The third kappa shape index (κ3) is 3.25. The van der Waals surface area contributed by atoms with Crippen molar-refractivity contribution in [3.05, 3.63) is 59.1 Å². The fourth-order valence-corrected chi connectivity index (χ4v) is 1.73. The molecule has 0 radical (unpaired) electrons. The number of pyridine rings is 2. The molecule has 2 heterocycles. The Morgan fingerprint density at radius 3 is 2.88 bits per heavy atom. The van der Waals surface area contributed by atoms with Gasteiger partial charge < -0.3 is 5.32 Å². The van der Waals surface area contributed by atoms with Crippen LogP contribution in [0.15, 0.2) is 42.9 Å². The second-order valence-corrected chi connectivity index (χ2v) is 4.23. The Kier molecular flexibility index (Phi) is 4.07. The van der Waals surface area contributed by atoms with Gasteiger partial charge in [0.25, 0.3) is 0 Å². The van der Waals surface area contributed by atoms with Crippen LogP contribution in [-0.4, -0.2) is 9.97 Å². The normalized spacial score (nSPS) is 12.4. The quantitative estimate of drug-likeness (QED) is 0.903. The van der Waals surface area contributed by atoms with Gasteiger partial charge in [0, 0.05) is 31.2 Å². The summed E-state index contributed by atoms with van der Waals surface area (Å²) < 4.78 is 0. The Labute approximate surface area is 106 Å². The Hall–Kier alpha value is -1.45. The summed E-state index contributed by atoms with van der Waals surface area (Å²) in [6.45, 7) is 2.79. The molecule has 0 unspecified atom stereocenters. The molecule has 0 saturated heterocycles. The van der Waals surface area contributed by atoms with Gasteiger partial charge in [-0.25, -0.2) is 0 Å². The van der Waals surface area contributed by atoms with Gasteiger partial charge in [0.05, 0.1) is 10.7 Å². The predicted octanol–water partition coefficient (Wildman–Crippen LogP) is 2.98. The number of hydrogen-bond donors (Lipinski definition) is 1. The van der Waals surface area contributed by atoms with E-state index in [1.165, 1.54) is 0 Å². The first kappa shape index (κ1) is 12.0. The Morgan fingerprint density at radius 1 is 1.29 bits per heavy atom. The van der Waals surface area contributed by atoms with E-state index in [1.54, 1.807) is 18.6 Å². The monoisotopic (exact) mass is 247 g/mol. The van der Waals surface area contributed by atoms with Gasteiger partial charge in [-0.05, 0) is 30.7 Å². The van der Waals surface area contributed by atoms with Crippen molar-refractivity contribution in [2.24, 2.45) is 0 Å². The molecule has 0 aliphatic heterocycles. The summed E-state index contributed by atoms with van der Waals surface area (Å²) in [5, 5.41) is 4.07. The van der Waals surface area contributed by atoms with Crippen molar-refractivity contribution in [1.82, 2.24) is 15.3 Å². The second-order valence-electron chi connectivity index (χ2n) is 3.82. The standard InChI is InChI=1S/C13H14ClN3/c1-10(13-4-2-3-6-16-13)17-8-11-5-7-15-9-12(11)14/h2-7,9-10,17H,8H2,1H3/t10-/m1/s1. The molecule has 1 N–H and O–H groups in total. The summed E-state index contributed by atoms with van der Waals surface area (Å²) in [5.74, 6) is 0. The zero-order valence-corrected chi connectivity index (χ0v) is 10.4. The summed E-state index contributed by atoms with van der Waals surface area (Å²) in [6, 6.07) is 8.02. The molecule has 0 fully saturated rings. The van der Waals surface area contributed by atoms with Crippen LogP contribution in [0.4, 0.5) is 0 Å². The van der Waals surface area contributed by atoms with Crippen LogP contribution in [0, 0.1) is 0 Å². The lowest BCUT2D eigenvalue weighted by molar-refractivity contribution is 0.561. The van der Waals surface area contributed by atoms with Crippen LogP contribution >= 0.6 is 11.6 Å². The van der Waals surface area contributed by atoms with Gasteiger partial charge in [0.1, 0.15) is 0 Å². The number of aromatic nitrogens is 2. The highest BCUT2D eigenvalue weighted by atomic mass is 35.5. The number of nitrogens with zero attached hydrogens (tertiary/aromatic N) is 2. The van der Waals surface area contributed by atoms with Crippen molar-refractivity contribution in [3.63, 3.8) is 0 Å². The molecule has 0 amide bonds. The SMILES string of the molecule is C[C@@H](NCc1ccncc1Cl)c1ccccn1. The average Bonchev–Trinajstić information content (AvgIpc) is 2.38. The number of nitrogens with one attached hydrogen (secondary N) is 1. The first-order valence-electron chi connectivity index (χ1n) is 5.50. The van der Waals surface area contributed by atoms with E-state index < -0.39 is 0 Å². The van der Waals surface area contributed by atoms with Crippen LogP contribution in [0.1, 0.15) is 24.2 Å². The van der Waals surface area contributed by atoms with Gasteiger partial charge in [-0.3, -0.25) is 9.97 Å². The number of rotatable bonds is 4. The fourth-order valence-electron chi connectivity index (χ4n) is 1.55. The van der Waals surface area contributed by atoms with Crippen LogP contribution in [0.5, 0.6) is 0 Å². The zero-order chi connectivity index (χ0) is 12.1. The van der Waals surface area contributed by atoms with E-state index in [1.807, 2.05) is 24.3 Å². The van der Waals surface area contributed by atoms with E-state index in [2.05, 4.69) is 22.2 Å². The topological polar surface area (TPSA) is 37.8 Å². The summed E-state index contributed by atoms with van der Waals surface area (Å²) in [7, 11) is 0. The van der Waals surface area contributed by atoms with E-state index in [-0.39, 0.29) is 6.04 Å². The Morgan fingerprint density at radius 2 is 2.18 bits per heavy atom. The lowest BCUT2D eigenvalue weighted by atomic mass is 10.2. The fraction of sp³-hybridized carbons (Fsp3) is 0.231. The first-order chi connectivity index (χ1) is 8.27. The Bertz CT molecular complexity index is 473. The summed E-state index contributed by atoms with van der Waals surface area (Å²) in [4.78, 5) is 8.26. The molecule has 4 heteroatoms. The minimum Gasteiger partial charge on any atom is -0.305 e. The van der Waals surface area contributed by atoms with E-state index in [0.29, 0.717) is 11.6 Å². The maximum atomic E-state index is 6.04. The van der Waals surface area contributed by atoms with Gasteiger partial charge in [-0.15, -0.1) is 0 Å². The van der Waals surface area contributed by atoms with Crippen molar-refractivity contribution < 1.29 is 0 Å². The van der Waals surface area contributed by atoms with Crippen LogP contribution in [0.2, 0.25) is 5.02 Å². The van der Waals surface area contributed by atoms with E-state index in [0.717, 1.165) is 11.3 Å². The molecule has 0 bridgehead atoms. The smallest absolute Gasteiger partial charge is 0.0634 e. The van der Waals surface area contributed by atoms with E-state index in [4.69, 9.17) is 11.6 Å². The van der Waals surface area contributed by atoms with Crippen LogP contribution in [0.25, 0.3) is 0 Å². The first-order valence-corrected chi connectivity index (χ1v) is 5.88. The van der Waals surface area contributed by atoms with Crippen LogP contribution < -0.4 is 5.32 Å². The summed E-state index contributed by atoms with van der Waals surface area (Å²) in [5.41, 5.74) is 2.07. The summed E-state index contributed by atoms with van der Waals surface area (Å²) in [6.07, 6.45) is 5.20. The highest BCUT2D eigenvalue weighted by Crippen LogP contribution is 2.15. The Balaban J connectivity index is 1.97. The maximum Gasteiger partial charge on any atom is 0.0634 e. The van der Waals surface area contributed by atoms with Crippen molar-refractivity contribution in [3.8, 4) is 0 Å². The molecule has 0 aromatic carbocycles. The van der Waals surface area contributed by atoms with Gasteiger partial charge >= 0.3 is 0 Å². The zero-order valence-electron chi connectivity index (χ0n) is 9.60. The largest absolute Gasteiger partial charge is 0.305 e. The minimum atomic E-state index is 0.195. The molecule has 0 spiro atoms. The van der Waals surface area contributed by atoms with Crippen molar-refractivity contribution in [2.45, 2.75) is 19.5 Å². The van der Waals surface area contributed by atoms with Gasteiger partial charge in [-0.2, -0.15) is 0 Å². The molecule has 2 aromatic rings. The lowest BCUT2D eigenvalue weighted by Gasteiger charge is -2.13. The van der Waals surface area contributed by atoms with E-state index >= 15 is 0 Å². The van der Waals surface area contributed by atoms with Crippen molar-refractivity contribution in [2.75, 3.05) is 0 Å². The molecule has 3 nitrogen and oxygen atoms in total. The molecule has 0 aliphatic rings. The third-order valence-electron chi connectivity index (χ3n) is 2.59. The molecule has 1 atom stereocenters. The summed E-state index contributed by atoms with van der Waals surface area (Å²) >= 11 is 6.04. The van der Waals surface area contributed by atoms with Gasteiger partial charge in [0.15, 0.2) is 0 Å². The second kappa shape index (κ2) is 5.75. The number of hydrogen-bond acceptors (Lipinski definition) is 3. The lowest BCUT2D eigenvalue weighted by Crippen LogP contribution is -2.19. The van der Waals surface area contributed by atoms with E-state index in [9.17, 15) is 0 Å². The maximum absolute atomic E-state index is 6.04. The highest BCUT2D eigenvalue weighted by Gasteiger charge is 2.06. The predicted molar refractivity (Wildman–Crippen MR) is 68.7 cm³/mol. The minimum absolute atomic E-state index is 0.195. The molecule has 0 aliphatic carbocycles. The van der Waals surface area contributed by atoms with Crippen molar-refractivity contribution >= 4 is 11.6 Å². The molecule has 88 valence electrons.